The number of methoxy groups -OCH3 is 1. The molecule has 37 heavy (non-hydrogen) atoms. The molecule has 1 fully saturated rings. The summed E-state index contributed by atoms with van der Waals surface area (Å²) in [5.41, 5.74) is 5.05. The zero-order chi connectivity index (χ0) is 25.8. The van der Waals surface area contributed by atoms with E-state index in [9.17, 15) is 14.9 Å². The fraction of sp³-hybridized carbons (Fsp3) is 0.250. The number of anilines is 2. The van der Waals surface area contributed by atoms with E-state index in [2.05, 4.69) is 22.8 Å². The Morgan fingerprint density at radius 1 is 1.16 bits per heavy atom. The summed E-state index contributed by atoms with van der Waals surface area (Å²) in [4.78, 5) is 26.8. The molecule has 3 aromatic carbocycles. The molecule has 3 aromatic rings. The van der Waals surface area contributed by atoms with Crippen LogP contribution in [0, 0.1) is 11.3 Å². The maximum Gasteiger partial charge on any atom is 0.414 e. The Balaban J connectivity index is 1.15. The third kappa shape index (κ3) is 5.71. The molecule has 0 aromatic heterocycles. The quantitative estimate of drug-likeness (QED) is 0.417. The molecule has 0 spiro atoms. The van der Waals surface area contributed by atoms with Crippen molar-refractivity contribution in [2.75, 3.05) is 36.2 Å². The van der Waals surface area contributed by atoms with Gasteiger partial charge in [0.25, 0.3) is 0 Å². The standard InChI is InChI=1S/C28H26N4O4S/c1-35-24-11-19(14-29)10-21(12-24)20-4-2-3-18(9-20)15-30-8-7-23-16-32(28(34)36-23)22-5-6-26-25(13-22)31-27(33)17-37-26/h2-6,9-13,23,30H,7-8,15-17H2,1H3,(H,31,33)/t23-/m1/s1. The van der Waals surface area contributed by atoms with Crippen molar-refractivity contribution in [2.45, 2.75) is 24.0 Å². The van der Waals surface area contributed by atoms with Crippen molar-refractivity contribution in [2.24, 2.45) is 0 Å². The summed E-state index contributed by atoms with van der Waals surface area (Å²) >= 11 is 1.49. The zero-order valence-electron chi connectivity index (χ0n) is 20.3. The summed E-state index contributed by atoms with van der Waals surface area (Å²) in [6.07, 6.45) is 0.0934. The number of ether oxygens (including phenoxy) is 2. The Morgan fingerprint density at radius 3 is 2.89 bits per heavy atom. The van der Waals surface area contributed by atoms with E-state index in [-0.39, 0.29) is 18.1 Å². The topological polar surface area (TPSA) is 104 Å². The lowest BCUT2D eigenvalue weighted by atomic mass is 10.0. The number of hydrogen-bond donors (Lipinski definition) is 2. The van der Waals surface area contributed by atoms with Gasteiger partial charge in [-0.15, -0.1) is 11.8 Å². The minimum atomic E-state index is -0.373. The van der Waals surface area contributed by atoms with Gasteiger partial charge in [0.2, 0.25) is 5.91 Å². The molecule has 8 nitrogen and oxygen atoms in total. The molecule has 1 atom stereocenters. The number of cyclic esters (lactones) is 1. The number of nitrogens with zero attached hydrogens (tertiary/aromatic N) is 2. The number of carbonyl (C=O) groups is 2. The van der Waals surface area contributed by atoms with Gasteiger partial charge in [-0.05, 0) is 72.1 Å². The summed E-state index contributed by atoms with van der Waals surface area (Å²) in [6.45, 7) is 1.81. The average Bonchev–Trinajstić information content (AvgIpc) is 3.30. The van der Waals surface area contributed by atoms with Crippen molar-refractivity contribution in [3.63, 3.8) is 0 Å². The summed E-state index contributed by atoms with van der Waals surface area (Å²) in [5.74, 6) is 1.01. The van der Waals surface area contributed by atoms with Crippen molar-refractivity contribution in [3.05, 3.63) is 71.8 Å². The largest absolute Gasteiger partial charge is 0.497 e. The highest BCUT2D eigenvalue weighted by molar-refractivity contribution is 8.00. The minimum absolute atomic E-state index is 0.0384. The van der Waals surface area contributed by atoms with Gasteiger partial charge in [0.1, 0.15) is 11.9 Å². The van der Waals surface area contributed by atoms with E-state index in [1.807, 2.05) is 48.5 Å². The van der Waals surface area contributed by atoms with E-state index in [0.717, 1.165) is 33.0 Å². The van der Waals surface area contributed by atoms with Gasteiger partial charge in [0.15, 0.2) is 0 Å². The molecule has 2 aliphatic rings. The van der Waals surface area contributed by atoms with E-state index in [0.29, 0.717) is 43.1 Å². The molecule has 2 heterocycles. The van der Waals surface area contributed by atoms with E-state index in [4.69, 9.17) is 9.47 Å². The van der Waals surface area contributed by atoms with Gasteiger partial charge in [-0.2, -0.15) is 5.26 Å². The number of nitriles is 1. The van der Waals surface area contributed by atoms with Crippen molar-refractivity contribution < 1.29 is 19.1 Å². The van der Waals surface area contributed by atoms with E-state index in [1.165, 1.54) is 11.8 Å². The van der Waals surface area contributed by atoms with Crippen LogP contribution in [0.3, 0.4) is 0 Å². The van der Waals surface area contributed by atoms with Crippen LogP contribution in [0.2, 0.25) is 0 Å². The molecule has 9 heteroatoms. The lowest BCUT2D eigenvalue weighted by molar-refractivity contribution is -0.113. The van der Waals surface area contributed by atoms with Gasteiger partial charge in [-0.3, -0.25) is 9.69 Å². The van der Waals surface area contributed by atoms with Crippen LogP contribution in [0.1, 0.15) is 17.5 Å². The fourth-order valence-corrected chi connectivity index (χ4v) is 5.21. The number of benzene rings is 3. The van der Waals surface area contributed by atoms with Gasteiger partial charge < -0.3 is 20.1 Å². The summed E-state index contributed by atoms with van der Waals surface area (Å²) in [7, 11) is 1.59. The molecule has 188 valence electrons. The molecule has 0 radical (unpaired) electrons. The highest BCUT2D eigenvalue weighted by Gasteiger charge is 2.32. The monoisotopic (exact) mass is 514 g/mol. The SMILES string of the molecule is COc1cc(C#N)cc(-c2cccc(CNCC[C@@H]3CN(c4ccc5c(c4)NC(=O)CS5)C(=O)O3)c2)c1. The molecule has 5 rings (SSSR count). The Labute approximate surface area is 219 Å². The first-order valence-electron chi connectivity index (χ1n) is 12.0. The number of amides is 2. The fourth-order valence-electron chi connectivity index (χ4n) is 4.43. The first-order chi connectivity index (χ1) is 18.0. The second-order valence-electron chi connectivity index (χ2n) is 8.86. The van der Waals surface area contributed by atoms with Gasteiger partial charge >= 0.3 is 6.09 Å². The molecule has 0 saturated carbocycles. The van der Waals surface area contributed by atoms with Gasteiger partial charge in [0, 0.05) is 17.1 Å². The normalized spacial score (nSPS) is 16.5. The van der Waals surface area contributed by atoms with Crippen molar-refractivity contribution in [1.29, 1.82) is 5.26 Å². The second-order valence-corrected chi connectivity index (χ2v) is 9.88. The third-order valence-corrected chi connectivity index (χ3v) is 7.36. The number of thioether (sulfide) groups is 1. The molecule has 1 saturated heterocycles. The second kappa shape index (κ2) is 10.9. The van der Waals surface area contributed by atoms with Crippen LogP contribution in [-0.4, -0.2) is 44.1 Å². The number of nitrogens with one attached hydrogen (secondary N) is 2. The molecule has 0 bridgehead atoms. The van der Waals surface area contributed by atoms with E-state index >= 15 is 0 Å². The van der Waals surface area contributed by atoms with Crippen LogP contribution in [-0.2, 0) is 16.1 Å². The molecule has 2 aliphatic heterocycles. The van der Waals surface area contributed by atoms with E-state index in [1.54, 1.807) is 18.1 Å². The van der Waals surface area contributed by atoms with Crippen LogP contribution < -0.4 is 20.3 Å². The molecule has 0 aliphatic carbocycles. The Bertz CT molecular complexity index is 1390. The number of carbonyl (C=O) groups excluding carboxylic acids is 2. The zero-order valence-corrected chi connectivity index (χ0v) is 21.1. The number of hydrogen-bond acceptors (Lipinski definition) is 7. The predicted octanol–water partition coefficient (Wildman–Crippen LogP) is 4.78. The summed E-state index contributed by atoms with van der Waals surface area (Å²) in [5, 5.41) is 15.6. The molecule has 2 amide bonds. The van der Waals surface area contributed by atoms with Crippen molar-refractivity contribution in [3.8, 4) is 22.9 Å². The predicted molar refractivity (Wildman–Crippen MR) is 143 cm³/mol. The van der Waals surface area contributed by atoms with Crippen molar-refractivity contribution in [1.82, 2.24) is 5.32 Å². The van der Waals surface area contributed by atoms with E-state index < -0.39 is 0 Å². The molecular weight excluding hydrogens is 488 g/mol. The van der Waals surface area contributed by atoms with Gasteiger partial charge in [-0.25, -0.2) is 4.79 Å². The smallest absolute Gasteiger partial charge is 0.414 e. The number of rotatable bonds is 8. The van der Waals surface area contributed by atoms with Crippen molar-refractivity contribution >= 4 is 35.1 Å². The van der Waals surface area contributed by atoms with Crippen LogP contribution in [0.15, 0.2) is 65.6 Å². The Morgan fingerprint density at radius 2 is 2.05 bits per heavy atom. The summed E-state index contributed by atoms with van der Waals surface area (Å²) in [6, 6.07) is 21.5. The minimum Gasteiger partial charge on any atom is -0.497 e. The average molecular weight is 515 g/mol. The molecule has 0 unspecified atom stereocenters. The van der Waals surface area contributed by atoms with Crippen LogP contribution in [0.5, 0.6) is 5.75 Å². The molecule has 2 N–H and O–H groups in total. The summed E-state index contributed by atoms with van der Waals surface area (Å²) < 4.78 is 10.9. The lowest BCUT2D eigenvalue weighted by Gasteiger charge is -2.20. The van der Waals surface area contributed by atoms with Gasteiger partial charge in [-0.1, -0.05) is 18.2 Å². The highest BCUT2D eigenvalue weighted by Crippen LogP contribution is 2.35. The third-order valence-electron chi connectivity index (χ3n) is 6.29. The Kier molecular flexibility index (Phi) is 7.30. The maximum atomic E-state index is 12.5. The first-order valence-corrected chi connectivity index (χ1v) is 12.9. The van der Waals surface area contributed by atoms with Gasteiger partial charge in [0.05, 0.1) is 36.7 Å². The maximum absolute atomic E-state index is 12.5. The first kappa shape index (κ1) is 24.7. The lowest BCUT2D eigenvalue weighted by Crippen LogP contribution is -2.26. The highest BCUT2D eigenvalue weighted by atomic mass is 32.2. The molecular formula is C28H26N4O4S. The van der Waals surface area contributed by atoms with Crippen LogP contribution >= 0.6 is 11.8 Å². The Hall–Kier alpha value is -4.00. The number of fused-ring (bicyclic) bond motifs is 1. The van der Waals surface area contributed by atoms with Crippen LogP contribution in [0.25, 0.3) is 11.1 Å². The van der Waals surface area contributed by atoms with Crippen LogP contribution in [0.4, 0.5) is 16.2 Å².